The molecule has 5 rings (SSSR count). The average molecular weight is 479 g/mol. The molecule has 0 radical (unpaired) electrons. The molecule has 2 aliphatic rings. The lowest BCUT2D eigenvalue weighted by Crippen LogP contribution is -2.42. The van der Waals surface area contributed by atoms with Gasteiger partial charge in [-0.3, -0.25) is 4.79 Å². The van der Waals surface area contributed by atoms with Crippen molar-refractivity contribution in [3.8, 4) is 5.69 Å². The predicted molar refractivity (Wildman–Crippen MR) is 130 cm³/mol. The van der Waals surface area contributed by atoms with Crippen LogP contribution in [0.15, 0.2) is 59.5 Å². The van der Waals surface area contributed by atoms with Crippen molar-refractivity contribution in [3.05, 3.63) is 77.1 Å². The Labute approximate surface area is 200 Å². The molecule has 8 heteroatoms. The third-order valence-electron chi connectivity index (χ3n) is 6.88. The SMILES string of the molecule is CC1CCCCN1S(=O)(=O)c1cccc(C(=O)NCc2nn(-c3ccccc3)c3c2CCC3)c1. The lowest BCUT2D eigenvalue weighted by Gasteiger charge is -2.32. The van der Waals surface area contributed by atoms with Crippen LogP contribution in [0.3, 0.4) is 0 Å². The minimum absolute atomic E-state index is 0.0296. The van der Waals surface area contributed by atoms with E-state index >= 15 is 0 Å². The van der Waals surface area contributed by atoms with E-state index in [4.69, 9.17) is 5.10 Å². The third kappa shape index (κ3) is 4.28. The lowest BCUT2D eigenvalue weighted by atomic mass is 10.1. The van der Waals surface area contributed by atoms with E-state index in [0.29, 0.717) is 18.7 Å². The maximum Gasteiger partial charge on any atom is 0.251 e. The molecule has 1 unspecified atom stereocenters. The van der Waals surface area contributed by atoms with Crippen LogP contribution in [0.25, 0.3) is 5.69 Å². The van der Waals surface area contributed by atoms with Crippen LogP contribution in [0.1, 0.15) is 59.9 Å². The quantitative estimate of drug-likeness (QED) is 0.583. The summed E-state index contributed by atoms with van der Waals surface area (Å²) < 4.78 is 29.9. The van der Waals surface area contributed by atoms with Crippen LogP contribution in [0, 0.1) is 0 Å². The number of carbonyl (C=O) groups excluding carboxylic acids is 1. The smallest absolute Gasteiger partial charge is 0.251 e. The van der Waals surface area contributed by atoms with Gasteiger partial charge < -0.3 is 5.32 Å². The Balaban J connectivity index is 1.34. The number of sulfonamides is 1. The van der Waals surface area contributed by atoms with Crippen LogP contribution in [-0.4, -0.2) is 41.0 Å². The zero-order valence-electron chi connectivity index (χ0n) is 19.4. The molecule has 1 aromatic heterocycles. The second-order valence-electron chi connectivity index (χ2n) is 9.14. The minimum Gasteiger partial charge on any atom is -0.346 e. The molecule has 3 aromatic rings. The Morgan fingerprint density at radius 3 is 2.68 bits per heavy atom. The first-order valence-electron chi connectivity index (χ1n) is 12.0. The van der Waals surface area contributed by atoms with Crippen molar-refractivity contribution < 1.29 is 13.2 Å². The van der Waals surface area contributed by atoms with Crippen LogP contribution in [-0.2, 0) is 29.4 Å². The van der Waals surface area contributed by atoms with Gasteiger partial charge in [0, 0.05) is 23.8 Å². The van der Waals surface area contributed by atoms with Gasteiger partial charge in [-0.05, 0) is 74.9 Å². The Bertz CT molecular complexity index is 1300. The molecule has 34 heavy (non-hydrogen) atoms. The van der Waals surface area contributed by atoms with Crippen molar-refractivity contribution in [2.45, 2.75) is 62.9 Å². The van der Waals surface area contributed by atoms with Gasteiger partial charge in [-0.25, -0.2) is 13.1 Å². The molecule has 0 saturated carbocycles. The molecule has 1 fully saturated rings. The number of carbonyl (C=O) groups is 1. The number of hydrogen-bond donors (Lipinski definition) is 1. The molecule has 2 heterocycles. The highest BCUT2D eigenvalue weighted by Crippen LogP contribution is 2.28. The summed E-state index contributed by atoms with van der Waals surface area (Å²) in [6.45, 7) is 2.77. The van der Waals surface area contributed by atoms with Crippen LogP contribution < -0.4 is 5.32 Å². The zero-order valence-corrected chi connectivity index (χ0v) is 20.2. The summed E-state index contributed by atoms with van der Waals surface area (Å²) in [5, 5.41) is 7.75. The fourth-order valence-corrected chi connectivity index (χ4v) is 6.81. The van der Waals surface area contributed by atoms with Gasteiger partial charge in [0.2, 0.25) is 10.0 Å². The molecule has 1 aliphatic carbocycles. The maximum atomic E-state index is 13.2. The number of rotatable bonds is 6. The van der Waals surface area contributed by atoms with Crippen molar-refractivity contribution in [1.29, 1.82) is 0 Å². The van der Waals surface area contributed by atoms with Gasteiger partial charge in [-0.15, -0.1) is 0 Å². The molecule has 2 aromatic carbocycles. The molecule has 1 saturated heterocycles. The molecule has 178 valence electrons. The molecular weight excluding hydrogens is 448 g/mol. The van der Waals surface area contributed by atoms with Crippen molar-refractivity contribution in [1.82, 2.24) is 19.4 Å². The Kier molecular flexibility index (Phi) is 6.27. The summed E-state index contributed by atoms with van der Waals surface area (Å²) in [6, 6.07) is 16.3. The molecule has 1 N–H and O–H groups in total. The van der Waals surface area contributed by atoms with Crippen LogP contribution in [0.5, 0.6) is 0 Å². The van der Waals surface area contributed by atoms with Crippen molar-refractivity contribution in [2.24, 2.45) is 0 Å². The summed E-state index contributed by atoms with van der Waals surface area (Å²) in [7, 11) is -3.63. The van der Waals surface area contributed by atoms with E-state index in [1.54, 1.807) is 22.5 Å². The van der Waals surface area contributed by atoms with E-state index in [-0.39, 0.29) is 16.8 Å². The summed E-state index contributed by atoms with van der Waals surface area (Å²) >= 11 is 0. The van der Waals surface area contributed by atoms with Gasteiger partial charge in [-0.1, -0.05) is 30.7 Å². The summed E-state index contributed by atoms with van der Waals surface area (Å²) in [5.41, 5.74) is 4.64. The van der Waals surface area contributed by atoms with E-state index < -0.39 is 10.0 Å². The standard InChI is InChI=1S/C26H30N4O3S/c1-19-9-5-6-16-29(19)34(32,33)22-13-7-10-20(17-22)26(31)27-18-24-23-14-8-15-25(23)30(28-24)21-11-3-2-4-12-21/h2-4,7,10-13,17,19H,5-6,8-9,14-16,18H2,1H3,(H,27,31). The highest BCUT2D eigenvalue weighted by Gasteiger charge is 2.31. The fraction of sp³-hybridized carbons (Fsp3) is 0.385. The predicted octanol–water partition coefficient (Wildman–Crippen LogP) is 3.85. The van der Waals surface area contributed by atoms with Gasteiger partial charge in [0.25, 0.3) is 5.91 Å². The van der Waals surface area contributed by atoms with E-state index in [9.17, 15) is 13.2 Å². The number of piperidine rings is 1. The molecule has 0 bridgehead atoms. The highest BCUT2D eigenvalue weighted by atomic mass is 32.2. The summed E-state index contributed by atoms with van der Waals surface area (Å²) in [4.78, 5) is 13.1. The van der Waals surface area contributed by atoms with Crippen LogP contribution in [0.4, 0.5) is 0 Å². The van der Waals surface area contributed by atoms with E-state index in [1.807, 2.05) is 41.9 Å². The highest BCUT2D eigenvalue weighted by molar-refractivity contribution is 7.89. The number of aromatic nitrogens is 2. The van der Waals surface area contributed by atoms with E-state index in [0.717, 1.165) is 49.9 Å². The topological polar surface area (TPSA) is 84.3 Å². The largest absolute Gasteiger partial charge is 0.346 e. The zero-order chi connectivity index (χ0) is 23.7. The monoisotopic (exact) mass is 478 g/mol. The Morgan fingerprint density at radius 1 is 1.06 bits per heavy atom. The number of para-hydroxylation sites is 1. The Hall–Kier alpha value is -2.97. The molecular formula is C26H30N4O3S. The van der Waals surface area contributed by atoms with Crippen molar-refractivity contribution in [2.75, 3.05) is 6.54 Å². The molecule has 1 atom stereocenters. The third-order valence-corrected chi connectivity index (χ3v) is 8.88. The Morgan fingerprint density at radius 2 is 1.88 bits per heavy atom. The number of benzene rings is 2. The van der Waals surface area contributed by atoms with Gasteiger partial charge in [0.05, 0.1) is 22.8 Å². The second kappa shape index (κ2) is 9.35. The average Bonchev–Trinajstić information content (AvgIpc) is 3.47. The van der Waals surface area contributed by atoms with Gasteiger partial charge in [0.15, 0.2) is 0 Å². The number of nitrogens with one attached hydrogen (secondary N) is 1. The normalized spacial score (nSPS) is 18.6. The first-order chi connectivity index (χ1) is 16.4. The van der Waals surface area contributed by atoms with Crippen molar-refractivity contribution >= 4 is 15.9 Å². The van der Waals surface area contributed by atoms with Gasteiger partial charge in [-0.2, -0.15) is 9.40 Å². The number of nitrogens with zero attached hydrogens (tertiary/aromatic N) is 3. The van der Waals surface area contributed by atoms with Gasteiger partial charge in [0.1, 0.15) is 0 Å². The molecule has 1 aliphatic heterocycles. The number of hydrogen-bond acceptors (Lipinski definition) is 4. The van der Waals surface area contributed by atoms with E-state index in [1.165, 1.54) is 17.3 Å². The number of amides is 1. The molecule has 1 amide bonds. The van der Waals surface area contributed by atoms with Crippen molar-refractivity contribution in [3.63, 3.8) is 0 Å². The first-order valence-corrected chi connectivity index (χ1v) is 13.4. The molecule has 0 spiro atoms. The lowest BCUT2D eigenvalue weighted by molar-refractivity contribution is 0.0950. The first kappa shape index (κ1) is 22.8. The summed E-state index contributed by atoms with van der Waals surface area (Å²) in [5.74, 6) is -0.301. The van der Waals surface area contributed by atoms with E-state index in [2.05, 4.69) is 5.32 Å². The van der Waals surface area contributed by atoms with Crippen LogP contribution >= 0.6 is 0 Å². The second-order valence-corrected chi connectivity index (χ2v) is 11.0. The fourth-order valence-electron chi connectivity index (χ4n) is 5.07. The molecule has 7 nitrogen and oxygen atoms in total. The van der Waals surface area contributed by atoms with Gasteiger partial charge >= 0.3 is 0 Å². The summed E-state index contributed by atoms with van der Waals surface area (Å²) in [6.07, 6.45) is 5.77. The number of fused-ring (bicyclic) bond motifs is 1. The van der Waals surface area contributed by atoms with Crippen LogP contribution in [0.2, 0.25) is 0 Å². The maximum absolute atomic E-state index is 13.2. The minimum atomic E-state index is -3.63.